The zero-order valence-electron chi connectivity index (χ0n) is 10.2. The summed E-state index contributed by atoms with van der Waals surface area (Å²) in [7, 11) is 1.39. The van der Waals surface area contributed by atoms with E-state index in [1.165, 1.54) is 31.3 Å². The van der Waals surface area contributed by atoms with Gasteiger partial charge in [0, 0.05) is 11.3 Å². The van der Waals surface area contributed by atoms with Gasteiger partial charge in [-0.05, 0) is 26.0 Å². The molecule has 0 aromatic carbocycles. The van der Waals surface area contributed by atoms with E-state index in [0.29, 0.717) is 9.62 Å². The van der Waals surface area contributed by atoms with Gasteiger partial charge in [-0.25, -0.2) is 9.78 Å². The fraction of sp³-hybridized carbons (Fsp3) is 0.636. The van der Waals surface area contributed by atoms with Crippen molar-refractivity contribution < 1.29 is 9.53 Å². The molecule has 1 aliphatic rings. The first-order valence-corrected chi connectivity index (χ1v) is 7.49. The van der Waals surface area contributed by atoms with Crippen molar-refractivity contribution in [1.29, 1.82) is 0 Å². The number of hydrogen-bond acceptors (Lipinski definition) is 6. The molecule has 1 N–H and O–H groups in total. The van der Waals surface area contributed by atoms with E-state index in [1.807, 2.05) is 18.7 Å². The number of rotatable bonds is 5. The molecule has 1 aromatic heterocycles. The van der Waals surface area contributed by atoms with Crippen molar-refractivity contribution in [2.45, 2.75) is 24.5 Å². The zero-order valence-corrected chi connectivity index (χ0v) is 11.8. The summed E-state index contributed by atoms with van der Waals surface area (Å²) in [5.41, 5.74) is 0.735. The van der Waals surface area contributed by atoms with Crippen molar-refractivity contribution in [2.24, 2.45) is 0 Å². The highest BCUT2D eigenvalue weighted by Crippen LogP contribution is 2.47. The highest BCUT2D eigenvalue weighted by molar-refractivity contribution is 8.00. The van der Waals surface area contributed by atoms with Gasteiger partial charge in [-0.1, -0.05) is 11.3 Å². The van der Waals surface area contributed by atoms with Gasteiger partial charge in [0.2, 0.25) is 0 Å². The average molecular weight is 272 g/mol. The smallest absolute Gasteiger partial charge is 0.350 e. The Balaban J connectivity index is 2.00. The molecule has 4 nitrogen and oxygen atoms in total. The highest BCUT2D eigenvalue weighted by Gasteiger charge is 2.41. The van der Waals surface area contributed by atoms with Gasteiger partial charge < -0.3 is 10.1 Å². The topological polar surface area (TPSA) is 51.2 Å². The molecule has 1 saturated carbocycles. The third kappa shape index (κ3) is 2.74. The van der Waals surface area contributed by atoms with Gasteiger partial charge in [-0.3, -0.25) is 0 Å². The van der Waals surface area contributed by atoms with Gasteiger partial charge in [0.05, 0.1) is 12.8 Å². The van der Waals surface area contributed by atoms with E-state index in [4.69, 9.17) is 4.74 Å². The molecule has 0 atom stereocenters. The molecular weight excluding hydrogens is 256 g/mol. The maximum absolute atomic E-state index is 11.4. The Morgan fingerprint density at radius 3 is 2.88 bits per heavy atom. The maximum atomic E-state index is 11.4. The summed E-state index contributed by atoms with van der Waals surface area (Å²) in [6.45, 7) is 2.75. The number of thiazole rings is 1. The third-order valence-electron chi connectivity index (χ3n) is 2.97. The standard InChI is InChI=1S/C11H16N2O2S2/c1-7-8(9(14)15-2)17-10(13-7)12-6-11(16-3)4-5-11/h4-6H2,1-3H3,(H,12,13). The van der Waals surface area contributed by atoms with Gasteiger partial charge >= 0.3 is 5.97 Å². The first-order chi connectivity index (χ1) is 8.10. The minimum absolute atomic E-state index is 0.306. The van der Waals surface area contributed by atoms with Crippen LogP contribution in [0.15, 0.2) is 0 Å². The Morgan fingerprint density at radius 2 is 2.35 bits per heavy atom. The Kier molecular flexibility index (Phi) is 3.63. The van der Waals surface area contributed by atoms with Crippen LogP contribution in [0.4, 0.5) is 5.13 Å². The Morgan fingerprint density at radius 1 is 1.65 bits per heavy atom. The van der Waals surface area contributed by atoms with E-state index >= 15 is 0 Å². The molecule has 0 aliphatic heterocycles. The molecule has 1 fully saturated rings. The van der Waals surface area contributed by atoms with Crippen LogP contribution in [0.2, 0.25) is 0 Å². The molecule has 1 aliphatic carbocycles. The molecule has 0 bridgehead atoms. The molecule has 1 aromatic rings. The number of carbonyl (C=O) groups is 1. The lowest BCUT2D eigenvalue weighted by Crippen LogP contribution is -2.17. The van der Waals surface area contributed by atoms with Crippen LogP contribution in [-0.2, 0) is 4.74 Å². The third-order valence-corrected chi connectivity index (χ3v) is 5.48. The van der Waals surface area contributed by atoms with Crippen molar-refractivity contribution in [2.75, 3.05) is 25.2 Å². The summed E-state index contributed by atoms with van der Waals surface area (Å²) in [6.07, 6.45) is 4.66. The van der Waals surface area contributed by atoms with E-state index in [2.05, 4.69) is 16.6 Å². The lowest BCUT2D eigenvalue weighted by molar-refractivity contribution is 0.0605. The number of thioether (sulfide) groups is 1. The first kappa shape index (κ1) is 12.7. The van der Waals surface area contributed by atoms with Crippen LogP contribution in [-0.4, -0.2) is 35.6 Å². The number of aromatic nitrogens is 1. The summed E-state index contributed by atoms with van der Waals surface area (Å²) >= 11 is 3.27. The number of anilines is 1. The normalized spacial score (nSPS) is 16.6. The largest absolute Gasteiger partial charge is 0.465 e. The van der Waals surface area contributed by atoms with Crippen molar-refractivity contribution in [1.82, 2.24) is 4.98 Å². The summed E-state index contributed by atoms with van der Waals surface area (Å²) in [6, 6.07) is 0. The molecule has 0 radical (unpaired) electrons. The minimum atomic E-state index is -0.306. The van der Waals surface area contributed by atoms with E-state index in [1.54, 1.807) is 0 Å². The number of hydrogen-bond donors (Lipinski definition) is 1. The fourth-order valence-corrected chi connectivity index (χ4v) is 3.19. The second-order valence-electron chi connectivity index (χ2n) is 4.17. The second kappa shape index (κ2) is 4.86. The van der Waals surface area contributed by atoms with Crippen LogP contribution in [0.25, 0.3) is 0 Å². The molecule has 6 heteroatoms. The van der Waals surface area contributed by atoms with Crippen molar-refractivity contribution in [3.8, 4) is 0 Å². The van der Waals surface area contributed by atoms with E-state index in [-0.39, 0.29) is 5.97 Å². The Hall–Kier alpha value is -0.750. The van der Waals surface area contributed by atoms with Gasteiger partial charge in [-0.2, -0.15) is 11.8 Å². The molecule has 0 unspecified atom stereocenters. The Labute approximate surface area is 109 Å². The van der Waals surface area contributed by atoms with Crippen LogP contribution < -0.4 is 5.32 Å². The molecule has 17 heavy (non-hydrogen) atoms. The maximum Gasteiger partial charge on any atom is 0.350 e. The summed E-state index contributed by atoms with van der Waals surface area (Å²) < 4.78 is 5.10. The van der Waals surface area contributed by atoms with Gasteiger partial charge in [0.25, 0.3) is 0 Å². The number of carbonyl (C=O) groups excluding carboxylic acids is 1. The molecular formula is C11H16N2O2S2. The Bertz CT molecular complexity index is 427. The van der Waals surface area contributed by atoms with Crippen LogP contribution in [0.5, 0.6) is 0 Å². The summed E-state index contributed by atoms with van der Waals surface area (Å²) in [5, 5.41) is 4.13. The zero-order chi connectivity index (χ0) is 12.5. The second-order valence-corrected chi connectivity index (χ2v) is 6.44. The number of methoxy groups -OCH3 is 1. The molecule has 2 rings (SSSR count). The van der Waals surface area contributed by atoms with Crippen LogP contribution in [0, 0.1) is 6.92 Å². The fourth-order valence-electron chi connectivity index (χ4n) is 1.58. The van der Waals surface area contributed by atoms with Gasteiger partial charge in [-0.15, -0.1) is 0 Å². The van der Waals surface area contributed by atoms with Crippen LogP contribution in [0.1, 0.15) is 28.2 Å². The van der Waals surface area contributed by atoms with E-state index < -0.39 is 0 Å². The predicted octanol–water partition coefficient (Wildman–Crippen LogP) is 2.55. The van der Waals surface area contributed by atoms with E-state index in [9.17, 15) is 4.79 Å². The number of nitrogens with one attached hydrogen (secondary N) is 1. The first-order valence-electron chi connectivity index (χ1n) is 5.45. The highest BCUT2D eigenvalue weighted by atomic mass is 32.2. The number of nitrogens with zero attached hydrogens (tertiary/aromatic N) is 1. The number of aryl methyl sites for hydroxylation is 1. The minimum Gasteiger partial charge on any atom is -0.465 e. The monoisotopic (exact) mass is 272 g/mol. The SMILES string of the molecule is COC(=O)c1sc(NCC2(SC)CC2)nc1C. The quantitative estimate of drug-likeness (QED) is 0.835. The molecule has 0 amide bonds. The number of esters is 1. The van der Waals surface area contributed by atoms with Gasteiger partial charge in [0.1, 0.15) is 4.88 Å². The lowest BCUT2D eigenvalue weighted by atomic mass is 10.4. The molecule has 94 valence electrons. The lowest BCUT2D eigenvalue weighted by Gasteiger charge is -2.11. The molecule has 0 spiro atoms. The van der Waals surface area contributed by atoms with Crippen molar-refractivity contribution in [3.63, 3.8) is 0 Å². The van der Waals surface area contributed by atoms with E-state index in [0.717, 1.165) is 17.4 Å². The average Bonchev–Trinajstić information content (AvgIpc) is 3.03. The van der Waals surface area contributed by atoms with Crippen LogP contribution >= 0.6 is 23.1 Å². The summed E-state index contributed by atoms with van der Waals surface area (Å²) in [4.78, 5) is 16.4. The summed E-state index contributed by atoms with van der Waals surface area (Å²) in [5.74, 6) is -0.306. The predicted molar refractivity (Wildman–Crippen MR) is 72.2 cm³/mol. The molecule has 1 heterocycles. The van der Waals surface area contributed by atoms with Crippen molar-refractivity contribution in [3.05, 3.63) is 10.6 Å². The molecule has 0 saturated heterocycles. The van der Waals surface area contributed by atoms with Crippen LogP contribution in [0.3, 0.4) is 0 Å². The van der Waals surface area contributed by atoms with Crippen molar-refractivity contribution >= 4 is 34.2 Å². The number of ether oxygens (including phenoxy) is 1. The van der Waals surface area contributed by atoms with Gasteiger partial charge in [0.15, 0.2) is 5.13 Å².